The van der Waals surface area contributed by atoms with E-state index >= 15 is 0 Å². The number of hydrogen-bond acceptors (Lipinski definition) is 4. The summed E-state index contributed by atoms with van der Waals surface area (Å²) < 4.78 is 10.5. The molecule has 5 heteroatoms. The van der Waals surface area contributed by atoms with Gasteiger partial charge in [0.25, 0.3) is 0 Å². The maximum Gasteiger partial charge on any atom is 0.321 e. The van der Waals surface area contributed by atoms with Crippen molar-refractivity contribution in [3.63, 3.8) is 0 Å². The Labute approximate surface area is 120 Å². The number of ether oxygens (including phenoxy) is 2. The molecule has 1 rings (SSSR count). The number of methoxy groups -OCH3 is 2. The van der Waals surface area contributed by atoms with Crippen LogP contribution in [0.2, 0.25) is 0 Å². The lowest BCUT2D eigenvalue weighted by Gasteiger charge is -2.26. The molecule has 1 atom stereocenters. The third kappa shape index (κ3) is 3.87. The highest BCUT2D eigenvalue weighted by atomic mass is 16.5. The van der Waals surface area contributed by atoms with Gasteiger partial charge in [-0.15, -0.1) is 0 Å². The van der Waals surface area contributed by atoms with E-state index in [1.807, 2.05) is 30.9 Å². The van der Waals surface area contributed by atoms with Crippen molar-refractivity contribution in [2.75, 3.05) is 27.3 Å². The van der Waals surface area contributed by atoms with Crippen LogP contribution in [-0.4, -0.2) is 49.3 Å². The van der Waals surface area contributed by atoms with Crippen molar-refractivity contribution in [3.05, 3.63) is 23.8 Å². The van der Waals surface area contributed by atoms with Gasteiger partial charge in [0.1, 0.15) is 17.5 Å². The monoisotopic (exact) mass is 281 g/mol. The molecule has 1 N–H and O–H groups in total. The van der Waals surface area contributed by atoms with Crippen molar-refractivity contribution in [1.82, 2.24) is 4.90 Å². The first kappa shape index (κ1) is 16.3. The molecule has 1 aromatic rings. The van der Waals surface area contributed by atoms with Crippen LogP contribution in [0.25, 0.3) is 0 Å². The van der Waals surface area contributed by atoms with Gasteiger partial charge in [-0.05, 0) is 24.7 Å². The molecule has 0 aliphatic rings. The van der Waals surface area contributed by atoms with Gasteiger partial charge in [0.2, 0.25) is 0 Å². The molecule has 0 unspecified atom stereocenters. The molecule has 0 saturated heterocycles. The molecule has 0 heterocycles. The first-order chi connectivity index (χ1) is 9.57. The molecule has 0 aromatic heterocycles. The summed E-state index contributed by atoms with van der Waals surface area (Å²) in [5, 5.41) is 9.42. The maximum atomic E-state index is 11.5. The molecule has 20 heavy (non-hydrogen) atoms. The molecule has 0 amide bonds. The van der Waals surface area contributed by atoms with Gasteiger partial charge in [-0.1, -0.05) is 19.9 Å². The number of nitrogens with zero attached hydrogens (tertiary/aromatic N) is 1. The van der Waals surface area contributed by atoms with Crippen molar-refractivity contribution in [3.8, 4) is 11.5 Å². The zero-order valence-electron chi connectivity index (χ0n) is 12.5. The van der Waals surface area contributed by atoms with Gasteiger partial charge < -0.3 is 14.6 Å². The number of carboxylic acids is 1. The molecule has 1 aromatic carbocycles. The highest BCUT2D eigenvalue weighted by Gasteiger charge is 2.25. The maximum absolute atomic E-state index is 11.5. The Balaban J connectivity index is 3.01. The number of carbonyl (C=O) groups is 1. The van der Waals surface area contributed by atoms with Gasteiger partial charge >= 0.3 is 5.97 Å². The highest BCUT2D eigenvalue weighted by molar-refractivity contribution is 5.74. The normalized spacial score (nSPS) is 12.2. The summed E-state index contributed by atoms with van der Waals surface area (Å²) in [6, 6.07) is 4.90. The summed E-state index contributed by atoms with van der Waals surface area (Å²) in [7, 11) is 3.16. The SMILES string of the molecule is CCN(CC)[C@H](Cc1ccc(OC)cc1OC)C(=O)O. The lowest BCUT2D eigenvalue weighted by atomic mass is 10.0. The first-order valence-corrected chi connectivity index (χ1v) is 6.75. The van der Waals surface area contributed by atoms with Crippen LogP contribution in [0.5, 0.6) is 11.5 Å². The largest absolute Gasteiger partial charge is 0.497 e. The van der Waals surface area contributed by atoms with Crippen molar-refractivity contribution in [2.24, 2.45) is 0 Å². The van der Waals surface area contributed by atoms with Gasteiger partial charge in [0, 0.05) is 12.5 Å². The van der Waals surface area contributed by atoms with E-state index in [9.17, 15) is 9.90 Å². The third-order valence-electron chi connectivity index (χ3n) is 3.45. The second kappa shape index (κ2) is 7.75. The van der Waals surface area contributed by atoms with Gasteiger partial charge in [0.15, 0.2) is 0 Å². The minimum absolute atomic E-state index is 0.407. The Morgan fingerprint density at radius 3 is 2.35 bits per heavy atom. The first-order valence-electron chi connectivity index (χ1n) is 6.75. The van der Waals surface area contributed by atoms with E-state index in [2.05, 4.69) is 0 Å². The average molecular weight is 281 g/mol. The Morgan fingerprint density at radius 1 is 1.25 bits per heavy atom. The minimum atomic E-state index is -0.813. The fourth-order valence-corrected chi connectivity index (χ4v) is 2.27. The Hall–Kier alpha value is -1.75. The zero-order valence-corrected chi connectivity index (χ0v) is 12.5. The summed E-state index contributed by atoms with van der Waals surface area (Å²) in [6.45, 7) is 5.33. The van der Waals surface area contributed by atoms with E-state index in [1.54, 1.807) is 20.3 Å². The van der Waals surface area contributed by atoms with Crippen molar-refractivity contribution < 1.29 is 19.4 Å². The number of hydrogen-bond donors (Lipinski definition) is 1. The van der Waals surface area contributed by atoms with Crippen LogP contribution in [0.1, 0.15) is 19.4 Å². The Morgan fingerprint density at radius 2 is 1.90 bits per heavy atom. The lowest BCUT2D eigenvalue weighted by Crippen LogP contribution is -2.42. The van der Waals surface area contributed by atoms with Crippen molar-refractivity contribution in [2.45, 2.75) is 26.3 Å². The Kier molecular flexibility index (Phi) is 6.31. The number of benzene rings is 1. The fraction of sp³-hybridized carbons (Fsp3) is 0.533. The van der Waals surface area contributed by atoms with Crippen LogP contribution in [0.4, 0.5) is 0 Å². The van der Waals surface area contributed by atoms with Crippen LogP contribution in [-0.2, 0) is 11.2 Å². The lowest BCUT2D eigenvalue weighted by molar-refractivity contribution is -0.143. The van der Waals surface area contributed by atoms with Crippen LogP contribution in [0, 0.1) is 0 Å². The van der Waals surface area contributed by atoms with E-state index in [1.165, 1.54) is 0 Å². The van der Waals surface area contributed by atoms with E-state index < -0.39 is 12.0 Å². The van der Waals surface area contributed by atoms with Gasteiger partial charge in [-0.25, -0.2) is 0 Å². The molecular weight excluding hydrogens is 258 g/mol. The number of likely N-dealkylation sites (N-methyl/N-ethyl adjacent to an activating group) is 1. The number of aliphatic carboxylic acids is 1. The molecular formula is C15H23NO4. The second-order valence-electron chi connectivity index (χ2n) is 4.46. The number of carboxylic acid groups (broad SMARTS) is 1. The number of rotatable bonds is 8. The van der Waals surface area contributed by atoms with Gasteiger partial charge in [-0.3, -0.25) is 9.69 Å². The van der Waals surface area contributed by atoms with E-state index in [0.29, 0.717) is 31.0 Å². The van der Waals surface area contributed by atoms with E-state index in [-0.39, 0.29) is 0 Å². The van der Waals surface area contributed by atoms with E-state index in [0.717, 1.165) is 5.56 Å². The molecule has 112 valence electrons. The predicted molar refractivity (Wildman–Crippen MR) is 77.6 cm³/mol. The van der Waals surface area contributed by atoms with Crippen LogP contribution in [0.3, 0.4) is 0 Å². The summed E-state index contributed by atoms with van der Waals surface area (Å²) in [5.41, 5.74) is 0.868. The van der Waals surface area contributed by atoms with E-state index in [4.69, 9.17) is 9.47 Å². The molecule has 0 fully saturated rings. The summed E-state index contributed by atoms with van der Waals surface area (Å²) >= 11 is 0. The summed E-state index contributed by atoms with van der Waals surface area (Å²) in [6.07, 6.45) is 0.407. The van der Waals surface area contributed by atoms with Crippen LogP contribution >= 0.6 is 0 Å². The average Bonchev–Trinajstić information content (AvgIpc) is 2.47. The minimum Gasteiger partial charge on any atom is -0.497 e. The van der Waals surface area contributed by atoms with Crippen LogP contribution in [0.15, 0.2) is 18.2 Å². The third-order valence-corrected chi connectivity index (χ3v) is 3.45. The van der Waals surface area contributed by atoms with Crippen molar-refractivity contribution in [1.29, 1.82) is 0 Å². The molecule has 5 nitrogen and oxygen atoms in total. The fourth-order valence-electron chi connectivity index (χ4n) is 2.27. The standard InChI is InChI=1S/C15H23NO4/c1-5-16(6-2)13(15(17)18)9-11-7-8-12(19-3)10-14(11)20-4/h7-8,10,13H,5-6,9H2,1-4H3,(H,17,18)/t13-/m1/s1. The summed E-state index contributed by atoms with van der Waals surface area (Å²) in [4.78, 5) is 13.4. The Bertz CT molecular complexity index is 443. The molecule has 0 spiro atoms. The molecule has 0 radical (unpaired) electrons. The zero-order chi connectivity index (χ0) is 15.1. The van der Waals surface area contributed by atoms with Gasteiger partial charge in [0.05, 0.1) is 14.2 Å². The smallest absolute Gasteiger partial charge is 0.321 e. The van der Waals surface area contributed by atoms with Crippen molar-refractivity contribution >= 4 is 5.97 Å². The highest BCUT2D eigenvalue weighted by Crippen LogP contribution is 2.26. The molecule has 0 aliphatic carbocycles. The molecule has 0 aliphatic heterocycles. The summed E-state index contributed by atoms with van der Waals surface area (Å²) in [5.74, 6) is 0.537. The molecule has 0 saturated carbocycles. The van der Waals surface area contributed by atoms with Gasteiger partial charge in [-0.2, -0.15) is 0 Å². The second-order valence-corrected chi connectivity index (χ2v) is 4.46. The predicted octanol–water partition coefficient (Wildman–Crippen LogP) is 2.04. The molecule has 0 bridgehead atoms. The topological polar surface area (TPSA) is 59.0 Å². The quantitative estimate of drug-likeness (QED) is 0.790. The van der Waals surface area contributed by atoms with Crippen LogP contribution < -0.4 is 9.47 Å².